The van der Waals surface area contributed by atoms with E-state index < -0.39 is 22.7 Å². The van der Waals surface area contributed by atoms with Gasteiger partial charge in [0.25, 0.3) is 17.5 Å². The Morgan fingerprint density at radius 1 is 0.854 bits per heavy atom. The number of benzene rings is 4. The van der Waals surface area contributed by atoms with Crippen LogP contribution in [0.15, 0.2) is 113 Å². The van der Waals surface area contributed by atoms with E-state index >= 15 is 0 Å². The minimum atomic E-state index is -0.581. The summed E-state index contributed by atoms with van der Waals surface area (Å²) in [5.74, 6) is -1.38. The van der Waals surface area contributed by atoms with Gasteiger partial charge >= 0.3 is 5.97 Å². The number of esters is 1. The maximum absolute atomic E-state index is 12.7. The standard InChI is InChI=1S/C30H21BrN4O6/c31-24-12-15-27(41-28(36)16-9-20-5-2-1-3-6-20)23(17-24)19-32-34-30(38)22-7-4-8-25(18-22)33-29(37)21-10-13-26(14-11-21)35(39)40/h1-19H,(H,33,37)(H,34,38)/b16-9+,32-19?. The highest BCUT2D eigenvalue weighted by Gasteiger charge is 2.12. The fourth-order valence-corrected chi connectivity index (χ4v) is 3.86. The molecule has 204 valence electrons. The second-order valence-electron chi connectivity index (χ2n) is 8.39. The molecule has 0 aliphatic carbocycles. The van der Waals surface area contributed by atoms with E-state index in [0.717, 1.165) is 5.56 Å². The number of nitrogens with one attached hydrogen (secondary N) is 2. The van der Waals surface area contributed by atoms with Crippen molar-refractivity contribution >= 4 is 57.4 Å². The summed E-state index contributed by atoms with van der Waals surface area (Å²) in [6.45, 7) is 0. The molecule has 4 rings (SSSR count). The minimum Gasteiger partial charge on any atom is -0.423 e. The van der Waals surface area contributed by atoms with Crippen molar-refractivity contribution < 1.29 is 24.0 Å². The summed E-state index contributed by atoms with van der Waals surface area (Å²) in [6, 6.07) is 25.6. The Morgan fingerprint density at radius 3 is 2.34 bits per heavy atom. The molecular weight excluding hydrogens is 592 g/mol. The highest BCUT2D eigenvalue weighted by atomic mass is 79.9. The van der Waals surface area contributed by atoms with Crippen LogP contribution in [-0.2, 0) is 4.79 Å². The largest absolute Gasteiger partial charge is 0.423 e. The van der Waals surface area contributed by atoms with Crippen LogP contribution in [-0.4, -0.2) is 28.9 Å². The fourth-order valence-electron chi connectivity index (χ4n) is 3.48. The molecule has 2 N–H and O–H groups in total. The lowest BCUT2D eigenvalue weighted by Gasteiger charge is -2.08. The highest BCUT2D eigenvalue weighted by Crippen LogP contribution is 2.22. The van der Waals surface area contributed by atoms with E-state index in [-0.39, 0.29) is 22.6 Å². The fraction of sp³-hybridized carbons (Fsp3) is 0. The number of halogens is 1. The van der Waals surface area contributed by atoms with Gasteiger partial charge in [0.2, 0.25) is 0 Å². The van der Waals surface area contributed by atoms with Crippen molar-refractivity contribution in [3.63, 3.8) is 0 Å². The van der Waals surface area contributed by atoms with E-state index in [0.29, 0.717) is 15.7 Å². The van der Waals surface area contributed by atoms with Crippen molar-refractivity contribution in [3.8, 4) is 5.75 Å². The zero-order chi connectivity index (χ0) is 29.2. The van der Waals surface area contributed by atoms with Crippen molar-refractivity contribution in [2.45, 2.75) is 0 Å². The first-order valence-corrected chi connectivity index (χ1v) is 12.8. The van der Waals surface area contributed by atoms with Crippen molar-refractivity contribution in [2.24, 2.45) is 5.10 Å². The Balaban J connectivity index is 1.39. The van der Waals surface area contributed by atoms with E-state index in [1.165, 1.54) is 48.7 Å². The molecule has 0 aromatic heterocycles. The van der Waals surface area contributed by atoms with Crippen LogP contribution < -0.4 is 15.5 Å². The number of non-ortho nitro benzene ring substituents is 1. The highest BCUT2D eigenvalue weighted by molar-refractivity contribution is 9.10. The number of anilines is 1. The smallest absolute Gasteiger partial charge is 0.336 e. The van der Waals surface area contributed by atoms with Gasteiger partial charge < -0.3 is 10.1 Å². The van der Waals surface area contributed by atoms with Gasteiger partial charge in [0, 0.05) is 45.1 Å². The van der Waals surface area contributed by atoms with Crippen molar-refractivity contribution in [3.05, 3.63) is 140 Å². The van der Waals surface area contributed by atoms with E-state index in [1.807, 2.05) is 30.3 Å². The van der Waals surface area contributed by atoms with E-state index in [4.69, 9.17) is 4.74 Å². The maximum Gasteiger partial charge on any atom is 0.336 e. The predicted molar refractivity (Wildman–Crippen MR) is 158 cm³/mol. The van der Waals surface area contributed by atoms with Gasteiger partial charge in [0.1, 0.15) is 5.75 Å². The van der Waals surface area contributed by atoms with Crippen LogP contribution in [0, 0.1) is 10.1 Å². The van der Waals surface area contributed by atoms with Crippen LogP contribution in [0.5, 0.6) is 5.75 Å². The Kier molecular flexibility index (Phi) is 9.47. The summed E-state index contributed by atoms with van der Waals surface area (Å²) in [5, 5.41) is 17.4. The topological polar surface area (TPSA) is 140 Å². The number of nitro groups is 1. The van der Waals surface area contributed by atoms with E-state index in [1.54, 1.807) is 36.4 Å². The SMILES string of the molecule is O=C(/C=C/c1ccccc1)Oc1ccc(Br)cc1C=NNC(=O)c1cccc(NC(=O)c2ccc([N+](=O)[O-])cc2)c1. The van der Waals surface area contributed by atoms with Gasteiger partial charge in [-0.05, 0) is 60.2 Å². The van der Waals surface area contributed by atoms with Crippen LogP contribution in [0.3, 0.4) is 0 Å². The molecule has 4 aromatic carbocycles. The minimum absolute atomic E-state index is 0.131. The van der Waals surface area contributed by atoms with Gasteiger partial charge in [-0.1, -0.05) is 52.3 Å². The van der Waals surface area contributed by atoms with Crippen molar-refractivity contribution in [1.29, 1.82) is 0 Å². The van der Waals surface area contributed by atoms with Gasteiger partial charge in [-0.25, -0.2) is 10.2 Å². The molecule has 0 atom stereocenters. The number of rotatable bonds is 9. The van der Waals surface area contributed by atoms with Crippen molar-refractivity contribution in [1.82, 2.24) is 5.43 Å². The average molecular weight is 613 g/mol. The molecule has 11 heteroatoms. The third kappa shape index (κ3) is 8.28. The second kappa shape index (κ2) is 13.6. The number of carbonyl (C=O) groups is 3. The number of ether oxygens (including phenoxy) is 1. The Hall–Kier alpha value is -5.42. The number of amides is 2. The summed E-state index contributed by atoms with van der Waals surface area (Å²) < 4.78 is 6.16. The van der Waals surface area contributed by atoms with Crippen LogP contribution in [0.25, 0.3) is 6.08 Å². The number of nitrogens with zero attached hydrogens (tertiary/aromatic N) is 2. The molecule has 0 saturated heterocycles. The zero-order valence-corrected chi connectivity index (χ0v) is 22.8. The first kappa shape index (κ1) is 28.6. The summed E-state index contributed by atoms with van der Waals surface area (Å²) >= 11 is 3.37. The summed E-state index contributed by atoms with van der Waals surface area (Å²) in [4.78, 5) is 47.8. The number of hydrazone groups is 1. The van der Waals surface area contributed by atoms with Crippen LogP contribution in [0.1, 0.15) is 31.8 Å². The molecule has 0 aliphatic rings. The molecule has 4 aromatic rings. The molecular formula is C30H21BrN4O6. The third-order valence-corrected chi connectivity index (χ3v) is 5.98. The molecule has 0 heterocycles. The van der Waals surface area contributed by atoms with Crippen LogP contribution in [0.2, 0.25) is 0 Å². The van der Waals surface area contributed by atoms with E-state index in [2.05, 4.69) is 31.8 Å². The number of hydrogen-bond acceptors (Lipinski definition) is 7. The van der Waals surface area contributed by atoms with Gasteiger partial charge in [-0.3, -0.25) is 19.7 Å². The van der Waals surface area contributed by atoms with E-state index in [9.17, 15) is 24.5 Å². The summed E-state index contributed by atoms with van der Waals surface area (Å²) in [6.07, 6.45) is 4.29. The molecule has 10 nitrogen and oxygen atoms in total. The normalized spacial score (nSPS) is 10.9. The lowest BCUT2D eigenvalue weighted by atomic mass is 10.1. The predicted octanol–water partition coefficient (Wildman–Crippen LogP) is 5.99. The van der Waals surface area contributed by atoms with Gasteiger partial charge in [0.15, 0.2) is 0 Å². The Labute approximate surface area is 242 Å². The molecule has 2 amide bonds. The molecule has 0 bridgehead atoms. The number of hydrogen-bond donors (Lipinski definition) is 2. The Bertz CT molecular complexity index is 1650. The molecule has 0 fully saturated rings. The molecule has 0 saturated carbocycles. The first-order chi connectivity index (χ1) is 19.8. The second-order valence-corrected chi connectivity index (χ2v) is 9.30. The lowest BCUT2D eigenvalue weighted by Crippen LogP contribution is -2.18. The van der Waals surface area contributed by atoms with Crippen LogP contribution >= 0.6 is 15.9 Å². The molecule has 0 radical (unpaired) electrons. The molecule has 0 aliphatic heterocycles. The molecule has 0 spiro atoms. The average Bonchev–Trinajstić information content (AvgIpc) is 2.98. The first-order valence-electron chi connectivity index (χ1n) is 12.0. The van der Waals surface area contributed by atoms with Gasteiger partial charge in [-0.2, -0.15) is 5.10 Å². The summed E-state index contributed by atoms with van der Waals surface area (Å²) in [7, 11) is 0. The Morgan fingerprint density at radius 2 is 1.61 bits per heavy atom. The van der Waals surface area contributed by atoms with Gasteiger partial charge in [-0.15, -0.1) is 0 Å². The van der Waals surface area contributed by atoms with Crippen LogP contribution in [0.4, 0.5) is 11.4 Å². The van der Waals surface area contributed by atoms with Gasteiger partial charge in [0.05, 0.1) is 11.1 Å². The lowest BCUT2D eigenvalue weighted by molar-refractivity contribution is -0.384. The maximum atomic E-state index is 12.7. The molecule has 0 unspecified atom stereocenters. The monoisotopic (exact) mass is 612 g/mol. The third-order valence-electron chi connectivity index (χ3n) is 5.49. The number of carbonyl (C=O) groups excluding carboxylic acids is 3. The zero-order valence-electron chi connectivity index (χ0n) is 21.2. The molecule has 41 heavy (non-hydrogen) atoms. The summed E-state index contributed by atoms with van der Waals surface area (Å²) in [5.41, 5.74) is 4.34. The quantitative estimate of drug-likeness (QED) is 0.0594. The van der Waals surface area contributed by atoms with Crippen molar-refractivity contribution in [2.75, 3.05) is 5.32 Å². The number of nitro benzene ring substituents is 1.